The van der Waals surface area contributed by atoms with Crippen molar-refractivity contribution < 1.29 is 14.3 Å². The standard InChI is InChI=1S/C13H23N3O3.ClH/c1-19-12(17)10-15-6-8-16(9-7-15)13(18)11-4-2-3-5-14-11;/h11,14H,2-10H2,1H3;1H/t11-;/m0./s1. The highest BCUT2D eigenvalue weighted by Crippen LogP contribution is 2.11. The van der Waals surface area contributed by atoms with Gasteiger partial charge in [0.25, 0.3) is 0 Å². The Kier molecular flexibility index (Phi) is 7.26. The zero-order valence-corrected chi connectivity index (χ0v) is 12.8. The van der Waals surface area contributed by atoms with Crippen LogP contribution < -0.4 is 5.32 Å². The van der Waals surface area contributed by atoms with E-state index in [-0.39, 0.29) is 30.3 Å². The number of esters is 1. The SMILES string of the molecule is COC(=O)CN1CCN(C(=O)[C@@H]2CCCCN2)CC1.Cl. The van der Waals surface area contributed by atoms with Crippen LogP contribution in [0.15, 0.2) is 0 Å². The van der Waals surface area contributed by atoms with Crippen molar-refractivity contribution >= 4 is 24.3 Å². The van der Waals surface area contributed by atoms with Crippen molar-refractivity contribution in [2.24, 2.45) is 0 Å². The van der Waals surface area contributed by atoms with Crippen LogP contribution in [-0.2, 0) is 14.3 Å². The number of nitrogens with one attached hydrogen (secondary N) is 1. The van der Waals surface area contributed by atoms with Gasteiger partial charge in [-0.25, -0.2) is 0 Å². The third-order valence-corrected chi connectivity index (χ3v) is 3.87. The number of hydrogen-bond donors (Lipinski definition) is 1. The van der Waals surface area contributed by atoms with Crippen molar-refractivity contribution in [1.29, 1.82) is 0 Å². The molecule has 1 N–H and O–H groups in total. The van der Waals surface area contributed by atoms with Crippen LogP contribution in [0.3, 0.4) is 0 Å². The molecule has 0 aliphatic carbocycles. The maximum absolute atomic E-state index is 12.3. The number of carbonyl (C=O) groups is 2. The fraction of sp³-hybridized carbons (Fsp3) is 0.846. The number of ether oxygens (including phenoxy) is 1. The molecule has 1 amide bonds. The van der Waals surface area contributed by atoms with E-state index in [0.717, 1.165) is 38.9 Å². The fourth-order valence-corrected chi connectivity index (χ4v) is 2.66. The van der Waals surface area contributed by atoms with Gasteiger partial charge in [0.15, 0.2) is 0 Å². The zero-order valence-electron chi connectivity index (χ0n) is 12.0. The van der Waals surface area contributed by atoms with E-state index in [1.54, 1.807) is 0 Å². The second-order valence-electron chi connectivity index (χ2n) is 5.18. The van der Waals surface area contributed by atoms with E-state index >= 15 is 0 Å². The molecule has 2 aliphatic heterocycles. The summed E-state index contributed by atoms with van der Waals surface area (Å²) in [6.07, 6.45) is 3.24. The Morgan fingerprint density at radius 3 is 2.45 bits per heavy atom. The molecule has 0 aromatic carbocycles. The first-order valence-corrected chi connectivity index (χ1v) is 7.02. The van der Waals surface area contributed by atoms with E-state index in [1.807, 2.05) is 9.80 Å². The predicted molar refractivity (Wildman–Crippen MR) is 77.9 cm³/mol. The summed E-state index contributed by atoms with van der Waals surface area (Å²) >= 11 is 0. The second-order valence-corrected chi connectivity index (χ2v) is 5.18. The van der Waals surface area contributed by atoms with Gasteiger partial charge in [0.1, 0.15) is 0 Å². The fourth-order valence-electron chi connectivity index (χ4n) is 2.66. The zero-order chi connectivity index (χ0) is 13.7. The summed E-state index contributed by atoms with van der Waals surface area (Å²) < 4.78 is 4.65. The third-order valence-electron chi connectivity index (χ3n) is 3.87. The van der Waals surface area contributed by atoms with Gasteiger partial charge in [-0.05, 0) is 19.4 Å². The van der Waals surface area contributed by atoms with Crippen molar-refractivity contribution in [2.45, 2.75) is 25.3 Å². The van der Waals surface area contributed by atoms with Crippen LogP contribution in [-0.4, -0.2) is 74.1 Å². The van der Waals surface area contributed by atoms with Crippen molar-refractivity contribution in [3.63, 3.8) is 0 Å². The number of halogens is 1. The lowest BCUT2D eigenvalue weighted by atomic mass is 10.0. The molecule has 2 aliphatic rings. The van der Waals surface area contributed by atoms with Gasteiger partial charge in [-0.3, -0.25) is 14.5 Å². The molecule has 0 radical (unpaired) electrons. The Labute approximate surface area is 126 Å². The second kappa shape index (κ2) is 8.44. The van der Waals surface area contributed by atoms with Crippen LogP contribution in [0.2, 0.25) is 0 Å². The summed E-state index contributed by atoms with van der Waals surface area (Å²) in [5.74, 6) is 0.00569. The Morgan fingerprint density at radius 2 is 1.90 bits per heavy atom. The average Bonchev–Trinajstić information content (AvgIpc) is 2.48. The van der Waals surface area contributed by atoms with Gasteiger partial charge in [-0.2, -0.15) is 0 Å². The number of carbonyl (C=O) groups excluding carboxylic acids is 2. The van der Waals surface area contributed by atoms with Gasteiger partial charge < -0.3 is 15.0 Å². The summed E-state index contributed by atoms with van der Waals surface area (Å²) in [6, 6.07) is 0.000840. The summed E-state index contributed by atoms with van der Waals surface area (Å²) in [7, 11) is 1.40. The molecule has 0 aromatic rings. The van der Waals surface area contributed by atoms with Crippen LogP contribution in [0.5, 0.6) is 0 Å². The molecule has 7 heteroatoms. The molecular formula is C13H24ClN3O3. The number of hydrogen-bond acceptors (Lipinski definition) is 5. The van der Waals surface area contributed by atoms with Gasteiger partial charge >= 0.3 is 5.97 Å². The van der Waals surface area contributed by atoms with E-state index in [0.29, 0.717) is 19.6 Å². The average molecular weight is 306 g/mol. The Hall–Kier alpha value is -0.850. The molecule has 0 unspecified atom stereocenters. The first kappa shape index (κ1) is 17.2. The number of nitrogens with zero attached hydrogens (tertiary/aromatic N) is 2. The molecule has 2 heterocycles. The number of amides is 1. The van der Waals surface area contributed by atoms with E-state index in [4.69, 9.17) is 0 Å². The molecule has 2 saturated heterocycles. The minimum absolute atomic E-state index is 0. The minimum Gasteiger partial charge on any atom is -0.468 e. The molecule has 0 aromatic heterocycles. The molecule has 20 heavy (non-hydrogen) atoms. The molecule has 1 atom stereocenters. The van der Waals surface area contributed by atoms with Crippen molar-refractivity contribution in [2.75, 3.05) is 46.4 Å². The minimum atomic E-state index is -0.214. The number of rotatable bonds is 3. The molecule has 0 spiro atoms. The first-order valence-electron chi connectivity index (χ1n) is 7.02. The maximum atomic E-state index is 12.3. The van der Waals surface area contributed by atoms with Crippen molar-refractivity contribution in [1.82, 2.24) is 15.1 Å². The van der Waals surface area contributed by atoms with E-state index in [2.05, 4.69) is 10.1 Å². The van der Waals surface area contributed by atoms with Crippen LogP contribution in [0.4, 0.5) is 0 Å². The topological polar surface area (TPSA) is 61.9 Å². The highest BCUT2D eigenvalue weighted by atomic mass is 35.5. The van der Waals surface area contributed by atoms with Crippen LogP contribution in [0.1, 0.15) is 19.3 Å². The lowest BCUT2D eigenvalue weighted by molar-refractivity contribution is -0.143. The molecular weight excluding hydrogens is 282 g/mol. The molecule has 6 nitrogen and oxygen atoms in total. The lowest BCUT2D eigenvalue weighted by Crippen LogP contribution is -2.55. The Bertz CT molecular complexity index is 327. The van der Waals surface area contributed by atoms with Gasteiger partial charge in [0.2, 0.25) is 5.91 Å². The molecule has 2 rings (SSSR count). The van der Waals surface area contributed by atoms with E-state index < -0.39 is 0 Å². The van der Waals surface area contributed by atoms with Gasteiger partial charge in [-0.15, -0.1) is 12.4 Å². The number of piperidine rings is 1. The van der Waals surface area contributed by atoms with E-state index in [1.165, 1.54) is 7.11 Å². The Balaban J connectivity index is 0.00000200. The third kappa shape index (κ3) is 4.61. The lowest BCUT2D eigenvalue weighted by Gasteiger charge is -2.36. The normalized spacial score (nSPS) is 23.9. The monoisotopic (exact) mass is 305 g/mol. The van der Waals surface area contributed by atoms with E-state index in [9.17, 15) is 9.59 Å². The van der Waals surface area contributed by atoms with Crippen LogP contribution in [0, 0.1) is 0 Å². The highest BCUT2D eigenvalue weighted by molar-refractivity contribution is 5.85. The molecule has 2 fully saturated rings. The largest absolute Gasteiger partial charge is 0.468 e. The van der Waals surface area contributed by atoms with Gasteiger partial charge in [-0.1, -0.05) is 6.42 Å². The Morgan fingerprint density at radius 1 is 1.20 bits per heavy atom. The number of methoxy groups -OCH3 is 1. The highest BCUT2D eigenvalue weighted by Gasteiger charge is 2.28. The summed E-state index contributed by atoms with van der Waals surface area (Å²) in [5.41, 5.74) is 0. The predicted octanol–water partition coefficient (Wildman–Crippen LogP) is -0.132. The number of piperazine rings is 1. The summed E-state index contributed by atoms with van der Waals surface area (Å²) in [5, 5.41) is 3.29. The summed E-state index contributed by atoms with van der Waals surface area (Å²) in [6.45, 7) is 4.15. The molecule has 116 valence electrons. The quantitative estimate of drug-likeness (QED) is 0.736. The molecule has 0 saturated carbocycles. The van der Waals surface area contributed by atoms with Gasteiger partial charge in [0, 0.05) is 26.2 Å². The van der Waals surface area contributed by atoms with Crippen molar-refractivity contribution in [3.05, 3.63) is 0 Å². The maximum Gasteiger partial charge on any atom is 0.319 e. The van der Waals surface area contributed by atoms with Gasteiger partial charge in [0.05, 0.1) is 19.7 Å². The summed E-state index contributed by atoms with van der Waals surface area (Å²) in [4.78, 5) is 27.4. The molecule has 0 bridgehead atoms. The smallest absolute Gasteiger partial charge is 0.319 e. The first-order chi connectivity index (χ1) is 9.20. The van der Waals surface area contributed by atoms with Crippen molar-refractivity contribution in [3.8, 4) is 0 Å². The van der Waals surface area contributed by atoms with Crippen LogP contribution in [0.25, 0.3) is 0 Å². The van der Waals surface area contributed by atoms with Crippen LogP contribution >= 0.6 is 12.4 Å².